The van der Waals surface area contributed by atoms with Crippen molar-refractivity contribution in [1.82, 2.24) is 4.90 Å². The predicted octanol–water partition coefficient (Wildman–Crippen LogP) is 3.77. The van der Waals surface area contributed by atoms with Crippen LogP contribution < -0.4 is 11.1 Å². The Labute approximate surface area is 134 Å². The highest BCUT2D eigenvalue weighted by Crippen LogP contribution is 2.25. The minimum absolute atomic E-state index is 0.0504. The van der Waals surface area contributed by atoms with Crippen molar-refractivity contribution in [3.63, 3.8) is 0 Å². The normalized spacial score (nSPS) is 11.8. The second-order valence-electron chi connectivity index (χ2n) is 4.40. The summed E-state index contributed by atoms with van der Waals surface area (Å²) in [6, 6.07) is 4.63. The Kier molecular flexibility index (Phi) is 6.52. The first-order valence-electron chi connectivity index (χ1n) is 6.15. The van der Waals surface area contributed by atoms with E-state index in [0.717, 1.165) is 0 Å². The van der Waals surface area contributed by atoms with Gasteiger partial charge in [0, 0.05) is 24.0 Å². The molecule has 1 aromatic carbocycles. The summed E-state index contributed by atoms with van der Waals surface area (Å²) in [5, 5.41) is 3.67. The van der Waals surface area contributed by atoms with Crippen LogP contribution >= 0.6 is 35.4 Å². The molecule has 0 aliphatic carbocycles. The maximum Gasteiger partial charge on any atom is 0.321 e. The van der Waals surface area contributed by atoms with Gasteiger partial charge in [-0.15, -0.1) is 0 Å². The van der Waals surface area contributed by atoms with E-state index in [1.165, 1.54) is 0 Å². The van der Waals surface area contributed by atoms with Gasteiger partial charge in [-0.2, -0.15) is 0 Å². The summed E-state index contributed by atoms with van der Waals surface area (Å²) in [4.78, 5) is 14.2. The minimum Gasteiger partial charge on any atom is -0.393 e. The molecule has 0 saturated heterocycles. The van der Waals surface area contributed by atoms with E-state index in [0.29, 0.717) is 33.8 Å². The molecule has 0 aliphatic heterocycles. The Bertz CT molecular complexity index is 510. The van der Waals surface area contributed by atoms with Crippen LogP contribution in [0.2, 0.25) is 10.0 Å². The molecule has 0 radical (unpaired) electrons. The van der Waals surface area contributed by atoms with E-state index in [9.17, 15) is 4.79 Å². The molecule has 0 fully saturated rings. The van der Waals surface area contributed by atoms with Gasteiger partial charge in [0.2, 0.25) is 0 Å². The Morgan fingerprint density at radius 1 is 1.50 bits per heavy atom. The summed E-state index contributed by atoms with van der Waals surface area (Å²) in [6.07, 6.45) is 0. The number of nitrogens with zero attached hydrogens (tertiary/aromatic N) is 1. The van der Waals surface area contributed by atoms with Gasteiger partial charge in [-0.3, -0.25) is 0 Å². The molecular formula is C13H17Cl2N3OS. The van der Waals surface area contributed by atoms with Crippen LogP contribution in [0.3, 0.4) is 0 Å². The van der Waals surface area contributed by atoms with Gasteiger partial charge in [-0.1, -0.05) is 42.3 Å². The Morgan fingerprint density at radius 3 is 2.70 bits per heavy atom. The zero-order valence-electron chi connectivity index (χ0n) is 11.3. The first kappa shape index (κ1) is 17.0. The third-order valence-electron chi connectivity index (χ3n) is 2.82. The molecule has 0 heterocycles. The number of anilines is 1. The van der Waals surface area contributed by atoms with Crippen LogP contribution in [0.25, 0.3) is 0 Å². The highest BCUT2D eigenvalue weighted by atomic mass is 35.5. The number of amides is 2. The number of halogens is 2. The Hall–Kier alpha value is -1.04. The van der Waals surface area contributed by atoms with Gasteiger partial charge in [0.05, 0.1) is 15.7 Å². The van der Waals surface area contributed by atoms with Gasteiger partial charge >= 0.3 is 6.03 Å². The Balaban J connectivity index is 2.77. The minimum atomic E-state index is -0.264. The van der Waals surface area contributed by atoms with Crippen LogP contribution in [-0.4, -0.2) is 29.0 Å². The first-order chi connectivity index (χ1) is 9.35. The summed E-state index contributed by atoms with van der Waals surface area (Å²) in [5.41, 5.74) is 6.05. The van der Waals surface area contributed by atoms with Gasteiger partial charge < -0.3 is 16.0 Å². The van der Waals surface area contributed by atoms with Crippen molar-refractivity contribution < 1.29 is 4.79 Å². The van der Waals surface area contributed by atoms with Crippen molar-refractivity contribution in [3.05, 3.63) is 28.2 Å². The lowest BCUT2D eigenvalue weighted by atomic mass is 10.1. The molecular weight excluding hydrogens is 317 g/mol. The average Bonchev–Trinajstić information content (AvgIpc) is 2.39. The molecule has 1 aromatic rings. The summed E-state index contributed by atoms with van der Waals surface area (Å²) in [7, 11) is 0. The maximum atomic E-state index is 12.2. The summed E-state index contributed by atoms with van der Waals surface area (Å²) >= 11 is 16.8. The molecule has 0 aromatic heterocycles. The summed E-state index contributed by atoms with van der Waals surface area (Å²) in [6.45, 7) is 4.75. The number of hydrogen-bond donors (Lipinski definition) is 2. The number of rotatable bonds is 5. The van der Waals surface area contributed by atoms with Crippen LogP contribution in [0.1, 0.15) is 13.8 Å². The Morgan fingerprint density at radius 2 is 2.15 bits per heavy atom. The maximum absolute atomic E-state index is 12.2. The van der Waals surface area contributed by atoms with Crippen molar-refractivity contribution in [3.8, 4) is 0 Å². The van der Waals surface area contributed by atoms with E-state index < -0.39 is 0 Å². The number of thiocarbonyl (C=S) groups is 1. The molecule has 0 aliphatic rings. The van der Waals surface area contributed by atoms with E-state index in [1.807, 2.05) is 13.8 Å². The van der Waals surface area contributed by atoms with Crippen LogP contribution in [0.4, 0.5) is 10.5 Å². The molecule has 4 nitrogen and oxygen atoms in total. The van der Waals surface area contributed by atoms with Crippen LogP contribution in [-0.2, 0) is 0 Å². The molecule has 1 unspecified atom stereocenters. The molecule has 110 valence electrons. The zero-order valence-corrected chi connectivity index (χ0v) is 13.6. The third-order valence-corrected chi connectivity index (χ3v) is 3.79. The number of carbonyl (C=O) groups is 1. The topological polar surface area (TPSA) is 58.4 Å². The highest BCUT2D eigenvalue weighted by Gasteiger charge is 2.17. The van der Waals surface area contributed by atoms with Crippen LogP contribution in [0, 0.1) is 5.92 Å². The number of nitrogens with two attached hydrogens (primary N) is 1. The standard InChI is InChI=1S/C13H17Cl2N3OS/c1-3-18(7-8(2)12(16)20)13(19)17-11-6-9(14)4-5-10(11)15/h4-6,8H,3,7H2,1-2H3,(H2,16,20)(H,17,19). The molecule has 0 bridgehead atoms. The highest BCUT2D eigenvalue weighted by molar-refractivity contribution is 7.80. The molecule has 1 rings (SSSR count). The number of carbonyl (C=O) groups excluding carboxylic acids is 1. The number of benzene rings is 1. The number of hydrogen-bond acceptors (Lipinski definition) is 2. The second kappa shape index (κ2) is 7.67. The van der Waals surface area contributed by atoms with E-state index in [4.69, 9.17) is 41.2 Å². The van der Waals surface area contributed by atoms with Gasteiger partial charge in [0.25, 0.3) is 0 Å². The van der Waals surface area contributed by atoms with Crippen molar-refractivity contribution in [1.29, 1.82) is 0 Å². The largest absolute Gasteiger partial charge is 0.393 e. The third kappa shape index (κ3) is 4.81. The molecule has 0 saturated carbocycles. The van der Waals surface area contributed by atoms with Gasteiger partial charge in [0.15, 0.2) is 0 Å². The molecule has 1 atom stereocenters. The van der Waals surface area contributed by atoms with Gasteiger partial charge in [0.1, 0.15) is 0 Å². The average molecular weight is 334 g/mol. The van der Waals surface area contributed by atoms with Gasteiger partial charge in [-0.05, 0) is 25.1 Å². The lowest BCUT2D eigenvalue weighted by molar-refractivity contribution is 0.211. The van der Waals surface area contributed by atoms with E-state index in [2.05, 4.69) is 5.32 Å². The van der Waals surface area contributed by atoms with E-state index in [1.54, 1.807) is 23.1 Å². The van der Waals surface area contributed by atoms with E-state index >= 15 is 0 Å². The first-order valence-corrected chi connectivity index (χ1v) is 7.31. The lowest BCUT2D eigenvalue weighted by Gasteiger charge is -2.24. The smallest absolute Gasteiger partial charge is 0.321 e. The molecule has 0 spiro atoms. The summed E-state index contributed by atoms with van der Waals surface area (Å²) in [5.74, 6) is -0.0504. The van der Waals surface area contributed by atoms with Crippen molar-refractivity contribution in [2.24, 2.45) is 11.7 Å². The fraction of sp³-hybridized carbons (Fsp3) is 0.385. The fourth-order valence-electron chi connectivity index (χ4n) is 1.56. The second-order valence-corrected chi connectivity index (χ2v) is 5.71. The van der Waals surface area contributed by atoms with Crippen molar-refractivity contribution in [2.45, 2.75) is 13.8 Å². The van der Waals surface area contributed by atoms with Crippen molar-refractivity contribution >= 4 is 52.1 Å². The van der Waals surface area contributed by atoms with Crippen LogP contribution in [0.5, 0.6) is 0 Å². The summed E-state index contributed by atoms with van der Waals surface area (Å²) < 4.78 is 0. The van der Waals surface area contributed by atoms with E-state index in [-0.39, 0.29) is 11.9 Å². The quantitative estimate of drug-likeness (QED) is 0.806. The van der Waals surface area contributed by atoms with Gasteiger partial charge in [-0.25, -0.2) is 4.79 Å². The zero-order chi connectivity index (χ0) is 15.3. The fourth-order valence-corrected chi connectivity index (χ4v) is 1.98. The SMILES string of the molecule is CCN(CC(C)C(N)=S)C(=O)Nc1cc(Cl)ccc1Cl. The monoisotopic (exact) mass is 333 g/mol. The van der Waals surface area contributed by atoms with Crippen molar-refractivity contribution in [2.75, 3.05) is 18.4 Å². The van der Waals surface area contributed by atoms with Crippen LogP contribution in [0.15, 0.2) is 18.2 Å². The molecule has 20 heavy (non-hydrogen) atoms. The number of nitrogens with one attached hydrogen (secondary N) is 1. The molecule has 7 heteroatoms. The lowest BCUT2D eigenvalue weighted by Crippen LogP contribution is -2.40. The molecule has 2 amide bonds. The molecule has 3 N–H and O–H groups in total. The predicted molar refractivity (Wildman–Crippen MR) is 88.7 cm³/mol. The number of urea groups is 1.